The van der Waals surface area contributed by atoms with Gasteiger partial charge >= 0.3 is 0 Å². The quantitative estimate of drug-likeness (QED) is 0.707. The smallest absolute Gasteiger partial charge is 0.244 e. The van der Waals surface area contributed by atoms with Gasteiger partial charge in [0.05, 0.1) is 24.7 Å². The predicted octanol–water partition coefficient (Wildman–Crippen LogP) is 2.34. The maximum atomic E-state index is 12.4. The van der Waals surface area contributed by atoms with Crippen molar-refractivity contribution in [3.05, 3.63) is 41.7 Å². The zero-order valence-electron chi connectivity index (χ0n) is 14.2. The number of carbonyl (C=O) groups excluding carboxylic acids is 1. The van der Waals surface area contributed by atoms with Gasteiger partial charge in [-0.3, -0.25) is 4.79 Å². The monoisotopic (exact) mass is 372 g/mol. The van der Waals surface area contributed by atoms with Gasteiger partial charge in [-0.05, 0) is 30.3 Å². The molecular weight excluding hydrogens is 356 g/mol. The molecule has 0 saturated carbocycles. The van der Waals surface area contributed by atoms with Crippen molar-refractivity contribution in [2.45, 2.75) is 0 Å². The van der Waals surface area contributed by atoms with Crippen LogP contribution in [0.15, 0.2) is 36.7 Å². The van der Waals surface area contributed by atoms with Crippen molar-refractivity contribution in [1.82, 2.24) is 15.0 Å². The number of nitrogens with two attached hydrogens (primary N) is 1. The summed E-state index contributed by atoms with van der Waals surface area (Å²) >= 11 is 5.99. The molecule has 0 radical (unpaired) electrons. The number of anilines is 3. The standard InChI is InChI=1S/C17H17ClN6O2/c1-24(17-11-4-6-14(19)23-16(11)20-9-21-17)8-15(25)22-12-7-10(18)3-5-13(12)26-2/h3-7,9H,8H2,1-2H3,(H,22,25)(H2,19,20,21,23). The van der Waals surface area contributed by atoms with E-state index in [-0.39, 0.29) is 12.5 Å². The van der Waals surface area contributed by atoms with Gasteiger partial charge in [0, 0.05) is 12.1 Å². The van der Waals surface area contributed by atoms with Crippen LogP contribution in [0, 0.1) is 0 Å². The lowest BCUT2D eigenvalue weighted by molar-refractivity contribution is -0.114. The highest BCUT2D eigenvalue weighted by Gasteiger charge is 2.15. The zero-order chi connectivity index (χ0) is 18.7. The first-order valence-electron chi connectivity index (χ1n) is 7.69. The minimum Gasteiger partial charge on any atom is -0.495 e. The number of pyridine rings is 1. The van der Waals surface area contributed by atoms with E-state index in [0.29, 0.717) is 39.1 Å². The van der Waals surface area contributed by atoms with E-state index in [2.05, 4.69) is 20.3 Å². The number of ether oxygens (including phenoxy) is 1. The van der Waals surface area contributed by atoms with E-state index in [1.807, 2.05) is 0 Å². The Kier molecular flexibility index (Phi) is 5.04. The Morgan fingerprint density at radius 2 is 2.12 bits per heavy atom. The van der Waals surface area contributed by atoms with E-state index >= 15 is 0 Å². The third kappa shape index (κ3) is 3.75. The second-order valence-electron chi connectivity index (χ2n) is 5.55. The number of aromatic nitrogens is 3. The molecule has 0 atom stereocenters. The molecule has 0 aliphatic carbocycles. The van der Waals surface area contributed by atoms with Crippen LogP contribution in [0.1, 0.15) is 0 Å². The molecule has 0 saturated heterocycles. The molecule has 0 fully saturated rings. The van der Waals surface area contributed by atoms with E-state index in [1.165, 1.54) is 13.4 Å². The van der Waals surface area contributed by atoms with Gasteiger partial charge in [-0.1, -0.05) is 11.6 Å². The van der Waals surface area contributed by atoms with Gasteiger partial charge in [0.15, 0.2) is 5.65 Å². The highest BCUT2D eigenvalue weighted by atomic mass is 35.5. The number of carbonyl (C=O) groups is 1. The Morgan fingerprint density at radius 3 is 2.88 bits per heavy atom. The number of halogens is 1. The Labute approximate surface area is 155 Å². The molecule has 2 heterocycles. The van der Waals surface area contributed by atoms with E-state index in [4.69, 9.17) is 22.1 Å². The number of nitrogen functional groups attached to an aromatic ring is 1. The van der Waals surface area contributed by atoms with Crippen molar-refractivity contribution in [2.24, 2.45) is 0 Å². The van der Waals surface area contributed by atoms with Crippen molar-refractivity contribution < 1.29 is 9.53 Å². The van der Waals surface area contributed by atoms with Crippen LogP contribution in [0.3, 0.4) is 0 Å². The van der Waals surface area contributed by atoms with Gasteiger partial charge in [0.2, 0.25) is 5.91 Å². The van der Waals surface area contributed by atoms with Crippen molar-refractivity contribution in [1.29, 1.82) is 0 Å². The summed E-state index contributed by atoms with van der Waals surface area (Å²) in [5, 5.41) is 4.00. The third-order valence-corrected chi connectivity index (χ3v) is 3.91. The van der Waals surface area contributed by atoms with Crippen LogP contribution in [0.4, 0.5) is 17.3 Å². The highest BCUT2D eigenvalue weighted by Crippen LogP contribution is 2.28. The van der Waals surface area contributed by atoms with Crippen LogP contribution in [0.2, 0.25) is 5.02 Å². The van der Waals surface area contributed by atoms with Crippen LogP contribution in [-0.4, -0.2) is 41.6 Å². The number of hydrogen-bond acceptors (Lipinski definition) is 7. The summed E-state index contributed by atoms with van der Waals surface area (Å²) in [7, 11) is 3.28. The van der Waals surface area contributed by atoms with Crippen molar-refractivity contribution in [3.8, 4) is 5.75 Å². The number of methoxy groups -OCH3 is 1. The van der Waals surface area contributed by atoms with Crippen molar-refractivity contribution >= 4 is 45.9 Å². The lowest BCUT2D eigenvalue weighted by Crippen LogP contribution is -2.31. The molecule has 0 aliphatic rings. The van der Waals surface area contributed by atoms with Gasteiger partial charge in [0.1, 0.15) is 23.7 Å². The summed E-state index contributed by atoms with van der Waals surface area (Å²) in [5.41, 5.74) is 6.66. The lowest BCUT2D eigenvalue weighted by Gasteiger charge is -2.19. The molecule has 0 unspecified atom stereocenters. The maximum Gasteiger partial charge on any atom is 0.244 e. The summed E-state index contributed by atoms with van der Waals surface area (Å²) in [5.74, 6) is 1.23. The molecule has 134 valence electrons. The van der Waals surface area contributed by atoms with Gasteiger partial charge in [-0.15, -0.1) is 0 Å². The van der Waals surface area contributed by atoms with E-state index < -0.39 is 0 Å². The molecule has 1 aromatic carbocycles. The number of likely N-dealkylation sites (N-methyl/N-ethyl adjacent to an activating group) is 1. The first-order chi connectivity index (χ1) is 12.5. The van der Waals surface area contributed by atoms with Crippen LogP contribution >= 0.6 is 11.6 Å². The number of benzene rings is 1. The molecule has 26 heavy (non-hydrogen) atoms. The van der Waals surface area contributed by atoms with E-state index in [1.54, 1.807) is 42.3 Å². The number of rotatable bonds is 5. The minimum absolute atomic E-state index is 0.0617. The van der Waals surface area contributed by atoms with Crippen LogP contribution < -0.4 is 20.7 Å². The van der Waals surface area contributed by atoms with Crippen LogP contribution in [-0.2, 0) is 4.79 Å². The largest absolute Gasteiger partial charge is 0.495 e. The van der Waals surface area contributed by atoms with Gasteiger partial charge in [-0.25, -0.2) is 15.0 Å². The summed E-state index contributed by atoms with van der Waals surface area (Å²) in [6.07, 6.45) is 1.39. The van der Waals surface area contributed by atoms with E-state index in [9.17, 15) is 4.79 Å². The summed E-state index contributed by atoms with van der Waals surface area (Å²) in [6.45, 7) is 0.0617. The lowest BCUT2D eigenvalue weighted by atomic mass is 10.2. The molecule has 3 aromatic rings. The number of hydrogen-bond donors (Lipinski definition) is 2. The van der Waals surface area contributed by atoms with Crippen molar-refractivity contribution in [2.75, 3.05) is 36.7 Å². The van der Waals surface area contributed by atoms with Crippen molar-refractivity contribution in [3.63, 3.8) is 0 Å². The van der Waals surface area contributed by atoms with Crippen LogP contribution in [0.5, 0.6) is 5.75 Å². The molecule has 3 rings (SSSR count). The molecule has 1 amide bonds. The molecule has 0 spiro atoms. The number of amides is 1. The Bertz CT molecular complexity index is 965. The topological polar surface area (TPSA) is 106 Å². The fraction of sp³-hybridized carbons (Fsp3) is 0.176. The first kappa shape index (κ1) is 17.7. The molecule has 9 heteroatoms. The third-order valence-electron chi connectivity index (χ3n) is 3.68. The number of fused-ring (bicyclic) bond motifs is 1. The molecule has 3 N–H and O–H groups in total. The summed E-state index contributed by atoms with van der Waals surface area (Å²) in [4.78, 5) is 26.7. The normalized spacial score (nSPS) is 10.6. The van der Waals surface area contributed by atoms with Gasteiger partial charge < -0.3 is 20.7 Å². The predicted molar refractivity (Wildman–Crippen MR) is 102 cm³/mol. The fourth-order valence-corrected chi connectivity index (χ4v) is 2.68. The maximum absolute atomic E-state index is 12.4. The molecular formula is C17H17ClN6O2. The Balaban J connectivity index is 1.79. The summed E-state index contributed by atoms with van der Waals surface area (Å²) in [6, 6.07) is 8.45. The second-order valence-corrected chi connectivity index (χ2v) is 5.99. The fourth-order valence-electron chi connectivity index (χ4n) is 2.51. The van der Waals surface area contributed by atoms with Crippen LogP contribution in [0.25, 0.3) is 11.0 Å². The van der Waals surface area contributed by atoms with Gasteiger partial charge in [-0.2, -0.15) is 0 Å². The number of nitrogens with zero attached hydrogens (tertiary/aromatic N) is 4. The number of nitrogens with one attached hydrogen (secondary N) is 1. The molecule has 8 nitrogen and oxygen atoms in total. The SMILES string of the molecule is COc1ccc(Cl)cc1NC(=O)CN(C)c1ncnc2nc(N)ccc12. The second kappa shape index (κ2) is 7.40. The van der Waals surface area contributed by atoms with Gasteiger partial charge in [0.25, 0.3) is 0 Å². The Morgan fingerprint density at radius 1 is 1.31 bits per heavy atom. The zero-order valence-corrected chi connectivity index (χ0v) is 15.0. The highest BCUT2D eigenvalue weighted by molar-refractivity contribution is 6.31. The first-order valence-corrected chi connectivity index (χ1v) is 8.07. The minimum atomic E-state index is -0.247. The summed E-state index contributed by atoms with van der Waals surface area (Å²) < 4.78 is 5.23. The average molecular weight is 373 g/mol. The molecule has 0 aliphatic heterocycles. The molecule has 2 aromatic heterocycles. The molecule has 0 bridgehead atoms. The van der Waals surface area contributed by atoms with E-state index in [0.717, 1.165) is 0 Å². The Hall–Kier alpha value is -3.13. The average Bonchev–Trinajstić information content (AvgIpc) is 2.61.